The van der Waals surface area contributed by atoms with Crippen molar-refractivity contribution in [3.63, 3.8) is 0 Å². The summed E-state index contributed by atoms with van der Waals surface area (Å²) in [4.78, 5) is 0. The first-order valence-electron chi connectivity index (χ1n) is 2.76. The van der Waals surface area contributed by atoms with Gasteiger partial charge >= 0.3 is 0 Å². The molecule has 0 amide bonds. The van der Waals surface area contributed by atoms with Crippen LogP contribution in [0.4, 0.5) is 0 Å². The number of hydrogen-bond acceptors (Lipinski definition) is 1. The first kappa shape index (κ1) is 7.44. The lowest BCUT2D eigenvalue weighted by Crippen LogP contribution is -1.85. The molecule has 0 bridgehead atoms. The Morgan fingerprint density at radius 3 is 2.50 bits per heavy atom. The molecule has 8 heavy (non-hydrogen) atoms. The third-order valence-corrected chi connectivity index (χ3v) is 1.01. The van der Waals surface area contributed by atoms with Gasteiger partial charge in [-0.2, -0.15) is 0 Å². The molecule has 0 saturated heterocycles. The van der Waals surface area contributed by atoms with Crippen LogP contribution in [0.2, 0.25) is 0 Å². The van der Waals surface area contributed by atoms with Gasteiger partial charge in [0, 0.05) is 0 Å². The topological polar surface area (TPSA) is 20.2 Å². The van der Waals surface area contributed by atoms with Crippen LogP contribution in [-0.2, 0) is 0 Å². The first-order valence-corrected chi connectivity index (χ1v) is 2.76. The zero-order valence-electron chi connectivity index (χ0n) is 5.22. The lowest BCUT2D eigenvalue weighted by atomic mass is 10.2. The van der Waals surface area contributed by atoms with Crippen LogP contribution < -0.4 is 0 Å². The second-order valence-corrected chi connectivity index (χ2v) is 1.57. The van der Waals surface area contributed by atoms with Gasteiger partial charge in [0.1, 0.15) is 0 Å². The summed E-state index contributed by atoms with van der Waals surface area (Å²) in [5, 5.41) is 8.54. The lowest BCUT2D eigenvalue weighted by molar-refractivity contribution is 0.328. The van der Waals surface area contributed by atoms with E-state index >= 15 is 0 Å². The summed E-state index contributed by atoms with van der Waals surface area (Å²) in [5.74, 6) is 0. The molecule has 0 saturated carbocycles. The monoisotopic (exact) mass is 112 g/mol. The Morgan fingerprint density at radius 1 is 1.75 bits per heavy atom. The van der Waals surface area contributed by atoms with Crippen LogP contribution in [0.1, 0.15) is 13.3 Å². The Balaban J connectivity index is 3.66. The Bertz CT molecular complexity index is 86.6. The van der Waals surface area contributed by atoms with Gasteiger partial charge < -0.3 is 5.11 Å². The minimum atomic E-state index is 0.155. The fourth-order valence-electron chi connectivity index (χ4n) is 0.449. The molecule has 0 aromatic rings. The van der Waals surface area contributed by atoms with Crippen molar-refractivity contribution in [1.29, 1.82) is 0 Å². The van der Waals surface area contributed by atoms with E-state index in [-0.39, 0.29) is 6.61 Å². The molecule has 0 aliphatic rings. The average Bonchev–Trinajstić information content (AvgIpc) is 1.83. The van der Waals surface area contributed by atoms with E-state index in [1.165, 1.54) is 0 Å². The van der Waals surface area contributed by atoms with Gasteiger partial charge in [-0.25, -0.2) is 0 Å². The summed E-state index contributed by atoms with van der Waals surface area (Å²) >= 11 is 0. The second kappa shape index (κ2) is 4.60. The zero-order chi connectivity index (χ0) is 6.41. The number of allylic oxidation sites excluding steroid dienone is 2. The third kappa shape index (κ3) is 2.59. The first-order chi connectivity index (χ1) is 3.85. The molecule has 0 aromatic heterocycles. The SMILES string of the molecule is C=C/C=C(\CC)CO. The van der Waals surface area contributed by atoms with E-state index in [2.05, 4.69) is 6.58 Å². The minimum absolute atomic E-state index is 0.155. The van der Waals surface area contributed by atoms with Crippen molar-refractivity contribution in [1.82, 2.24) is 0 Å². The maximum atomic E-state index is 8.54. The molecule has 0 rings (SSSR count). The molecule has 1 nitrogen and oxygen atoms in total. The van der Waals surface area contributed by atoms with Gasteiger partial charge in [-0.1, -0.05) is 25.7 Å². The van der Waals surface area contributed by atoms with E-state index in [4.69, 9.17) is 5.11 Å². The van der Waals surface area contributed by atoms with E-state index in [0.29, 0.717) is 0 Å². The summed E-state index contributed by atoms with van der Waals surface area (Å²) in [5.41, 5.74) is 1.03. The van der Waals surface area contributed by atoms with E-state index in [1.807, 2.05) is 13.0 Å². The number of rotatable bonds is 3. The van der Waals surface area contributed by atoms with Gasteiger partial charge in [0.2, 0.25) is 0 Å². The van der Waals surface area contributed by atoms with Gasteiger partial charge in [-0.05, 0) is 12.0 Å². The van der Waals surface area contributed by atoms with Crippen molar-refractivity contribution in [2.75, 3.05) is 6.61 Å². The van der Waals surface area contributed by atoms with Crippen molar-refractivity contribution >= 4 is 0 Å². The largest absolute Gasteiger partial charge is 0.392 e. The highest BCUT2D eigenvalue weighted by Gasteiger charge is 1.84. The molecular formula is C7H12O. The molecule has 0 atom stereocenters. The molecule has 1 heteroatoms. The summed E-state index contributed by atoms with van der Waals surface area (Å²) in [6, 6.07) is 0. The van der Waals surface area contributed by atoms with Crippen molar-refractivity contribution in [2.24, 2.45) is 0 Å². The summed E-state index contributed by atoms with van der Waals surface area (Å²) < 4.78 is 0. The highest BCUT2D eigenvalue weighted by molar-refractivity contribution is 5.09. The molecule has 0 fully saturated rings. The van der Waals surface area contributed by atoms with Gasteiger partial charge in [0.05, 0.1) is 6.61 Å². The van der Waals surface area contributed by atoms with Gasteiger partial charge in [-0.3, -0.25) is 0 Å². The van der Waals surface area contributed by atoms with Crippen LogP contribution in [0.5, 0.6) is 0 Å². The molecule has 0 aromatic carbocycles. The maximum Gasteiger partial charge on any atom is 0.0644 e. The molecular weight excluding hydrogens is 100 g/mol. The molecule has 1 N–H and O–H groups in total. The van der Waals surface area contributed by atoms with E-state index < -0.39 is 0 Å². The standard InChI is InChI=1S/C7H12O/c1-3-5-7(4-2)6-8/h3,5,8H,1,4,6H2,2H3/b7-5+. The third-order valence-electron chi connectivity index (χ3n) is 1.01. The van der Waals surface area contributed by atoms with Gasteiger partial charge in [-0.15, -0.1) is 0 Å². The van der Waals surface area contributed by atoms with Crippen molar-refractivity contribution in [3.05, 3.63) is 24.3 Å². The Kier molecular flexibility index (Phi) is 4.27. The molecule has 0 spiro atoms. The smallest absolute Gasteiger partial charge is 0.0644 e. The van der Waals surface area contributed by atoms with Crippen LogP contribution >= 0.6 is 0 Å². The van der Waals surface area contributed by atoms with Crippen LogP contribution in [-0.4, -0.2) is 11.7 Å². The van der Waals surface area contributed by atoms with Crippen molar-refractivity contribution in [3.8, 4) is 0 Å². The number of aliphatic hydroxyl groups excluding tert-OH is 1. The van der Waals surface area contributed by atoms with E-state index in [1.54, 1.807) is 6.08 Å². The minimum Gasteiger partial charge on any atom is -0.392 e. The Morgan fingerprint density at radius 2 is 2.38 bits per heavy atom. The molecule has 46 valence electrons. The fraction of sp³-hybridized carbons (Fsp3) is 0.429. The van der Waals surface area contributed by atoms with Crippen LogP contribution in [0, 0.1) is 0 Å². The fourth-order valence-corrected chi connectivity index (χ4v) is 0.449. The quantitative estimate of drug-likeness (QED) is 0.548. The van der Waals surface area contributed by atoms with Crippen molar-refractivity contribution < 1.29 is 5.11 Å². The molecule has 0 unspecified atom stereocenters. The molecule has 0 heterocycles. The lowest BCUT2D eigenvalue weighted by Gasteiger charge is -1.93. The summed E-state index contributed by atoms with van der Waals surface area (Å²) in [7, 11) is 0. The normalized spacial score (nSPS) is 11.5. The van der Waals surface area contributed by atoms with Crippen LogP contribution in [0.25, 0.3) is 0 Å². The Labute approximate surface area is 50.3 Å². The summed E-state index contributed by atoms with van der Waals surface area (Å²) in [6.07, 6.45) is 4.43. The molecule has 0 aliphatic carbocycles. The van der Waals surface area contributed by atoms with E-state index in [0.717, 1.165) is 12.0 Å². The highest BCUT2D eigenvalue weighted by Crippen LogP contribution is 1.96. The summed E-state index contributed by atoms with van der Waals surface area (Å²) in [6.45, 7) is 5.67. The molecule has 0 aliphatic heterocycles. The average molecular weight is 112 g/mol. The number of aliphatic hydroxyl groups is 1. The zero-order valence-corrected chi connectivity index (χ0v) is 5.22. The predicted molar refractivity (Wildman–Crippen MR) is 35.7 cm³/mol. The maximum absolute atomic E-state index is 8.54. The van der Waals surface area contributed by atoms with Crippen LogP contribution in [0.15, 0.2) is 24.3 Å². The van der Waals surface area contributed by atoms with Gasteiger partial charge in [0.25, 0.3) is 0 Å². The van der Waals surface area contributed by atoms with E-state index in [9.17, 15) is 0 Å². The highest BCUT2D eigenvalue weighted by atomic mass is 16.3. The van der Waals surface area contributed by atoms with Gasteiger partial charge in [0.15, 0.2) is 0 Å². The Hall–Kier alpha value is -0.560. The van der Waals surface area contributed by atoms with Crippen LogP contribution in [0.3, 0.4) is 0 Å². The predicted octanol–water partition coefficient (Wildman–Crippen LogP) is 1.50. The number of hydrogen-bond donors (Lipinski definition) is 1. The molecule has 0 radical (unpaired) electrons. The second-order valence-electron chi connectivity index (χ2n) is 1.57. The van der Waals surface area contributed by atoms with Crippen molar-refractivity contribution in [2.45, 2.75) is 13.3 Å².